The minimum Gasteiger partial charge on any atom is -0.370 e. The number of nitrogens with one attached hydrogen (secondary N) is 1. The first-order valence-electron chi connectivity index (χ1n) is 7.29. The predicted octanol–water partition coefficient (Wildman–Crippen LogP) is 0.848. The quantitative estimate of drug-likeness (QED) is 0.478. The summed E-state index contributed by atoms with van der Waals surface area (Å²) in [7, 11) is 0. The molecule has 1 aliphatic heterocycles. The van der Waals surface area contributed by atoms with Gasteiger partial charge in [-0.15, -0.1) is 0 Å². The van der Waals surface area contributed by atoms with Gasteiger partial charge in [-0.2, -0.15) is 11.8 Å². The summed E-state index contributed by atoms with van der Waals surface area (Å²) in [6, 6.07) is 5.92. The first kappa shape index (κ1) is 16.6. The van der Waals surface area contributed by atoms with Crippen molar-refractivity contribution in [1.29, 1.82) is 0 Å². The summed E-state index contributed by atoms with van der Waals surface area (Å²) in [5.74, 6) is 2.29. The maximum absolute atomic E-state index is 12.8. The van der Waals surface area contributed by atoms with Gasteiger partial charge in [0.15, 0.2) is 5.96 Å². The second-order valence-corrected chi connectivity index (χ2v) is 6.22. The summed E-state index contributed by atoms with van der Waals surface area (Å²) in [5.41, 5.74) is 6.71. The lowest BCUT2D eigenvalue weighted by molar-refractivity contribution is -0.120. The number of nitrogens with zero attached hydrogens (tertiary/aromatic N) is 2. The van der Waals surface area contributed by atoms with Crippen LogP contribution in [0.4, 0.5) is 4.39 Å². The number of guanidine groups is 1. The van der Waals surface area contributed by atoms with Gasteiger partial charge in [0.1, 0.15) is 5.82 Å². The van der Waals surface area contributed by atoms with Crippen LogP contribution in [0.15, 0.2) is 29.3 Å². The molecule has 0 bridgehead atoms. The van der Waals surface area contributed by atoms with E-state index in [-0.39, 0.29) is 18.1 Å². The van der Waals surface area contributed by atoms with Crippen LogP contribution in [0.1, 0.15) is 5.56 Å². The van der Waals surface area contributed by atoms with Gasteiger partial charge in [-0.25, -0.2) is 4.39 Å². The summed E-state index contributed by atoms with van der Waals surface area (Å²) in [6.07, 6.45) is 0.239. The second-order valence-electron chi connectivity index (χ2n) is 4.99. The number of hydrogen-bond acceptors (Lipinski definition) is 3. The average molecular weight is 324 g/mol. The number of aliphatic imine (C=N–C) groups is 1. The molecule has 5 nitrogen and oxygen atoms in total. The van der Waals surface area contributed by atoms with Gasteiger partial charge in [-0.3, -0.25) is 9.79 Å². The minimum absolute atomic E-state index is 0.102. The third kappa shape index (κ3) is 5.55. The summed E-state index contributed by atoms with van der Waals surface area (Å²) in [6.45, 7) is 2.77. The van der Waals surface area contributed by atoms with Crippen molar-refractivity contribution < 1.29 is 9.18 Å². The molecule has 0 saturated carbocycles. The van der Waals surface area contributed by atoms with E-state index in [2.05, 4.69) is 15.2 Å². The van der Waals surface area contributed by atoms with Crippen LogP contribution in [0.2, 0.25) is 0 Å². The van der Waals surface area contributed by atoms with Crippen LogP contribution in [0.3, 0.4) is 0 Å². The molecule has 0 spiro atoms. The molecule has 1 heterocycles. The fraction of sp³-hybridized carbons (Fsp3) is 0.467. The molecule has 0 atom stereocenters. The Morgan fingerprint density at radius 3 is 2.68 bits per heavy atom. The first-order valence-corrected chi connectivity index (χ1v) is 8.44. The standard InChI is InChI=1S/C15H21FN4OS/c16-13-3-1-12(2-4-13)11-14(21)18-5-6-19-15(17)20-7-9-22-10-8-20/h1-4H,5-11H2,(H2,17,19)(H,18,21). The van der Waals surface area contributed by atoms with E-state index < -0.39 is 0 Å². The van der Waals surface area contributed by atoms with Crippen molar-refractivity contribution in [3.63, 3.8) is 0 Å². The van der Waals surface area contributed by atoms with E-state index in [1.807, 2.05) is 11.8 Å². The van der Waals surface area contributed by atoms with Gasteiger partial charge in [0, 0.05) is 31.1 Å². The lowest BCUT2D eigenvalue weighted by Crippen LogP contribution is -2.43. The number of thioether (sulfide) groups is 1. The Labute approximate surface area is 134 Å². The molecule has 0 aliphatic carbocycles. The van der Waals surface area contributed by atoms with Crippen LogP contribution in [0.25, 0.3) is 0 Å². The second kappa shape index (κ2) is 8.63. The molecule has 1 amide bonds. The van der Waals surface area contributed by atoms with Crippen LogP contribution >= 0.6 is 11.8 Å². The van der Waals surface area contributed by atoms with Gasteiger partial charge in [-0.05, 0) is 17.7 Å². The number of hydrogen-bond donors (Lipinski definition) is 2. The topological polar surface area (TPSA) is 70.7 Å². The fourth-order valence-corrected chi connectivity index (χ4v) is 3.01. The fourth-order valence-electron chi connectivity index (χ4n) is 2.11. The summed E-state index contributed by atoms with van der Waals surface area (Å²) >= 11 is 1.92. The molecule has 22 heavy (non-hydrogen) atoms. The Morgan fingerprint density at radius 1 is 1.32 bits per heavy atom. The highest BCUT2D eigenvalue weighted by Crippen LogP contribution is 2.08. The van der Waals surface area contributed by atoms with Gasteiger partial charge in [0.05, 0.1) is 13.0 Å². The minimum atomic E-state index is -0.301. The summed E-state index contributed by atoms with van der Waals surface area (Å²) in [5, 5.41) is 2.79. The first-order chi connectivity index (χ1) is 10.6. The van der Waals surface area contributed by atoms with E-state index in [1.54, 1.807) is 12.1 Å². The lowest BCUT2D eigenvalue weighted by atomic mass is 10.1. The van der Waals surface area contributed by atoms with E-state index in [0.29, 0.717) is 19.0 Å². The normalized spacial score (nSPS) is 15.7. The number of rotatable bonds is 5. The van der Waals surface area contributed by atoms with Gasteiger partial charge in [0.2, 0.25) is 5.91 Å². The van der Waals surface area contributed by atoms with Crippen LogP contribution in [0.5, 0.6) is 0 Å². The van der Waals surface area contributed by atoms with E-state index in [0.717, 1.165) is 30.2 Å². The SMILES string of the molecule is NC(=NCCNC(=O)Cc1ccc(F)cc1)N1CCSCC1. The van der Waals surface area contributed by atoms with Crippen LogP contribution in [0, 0.1) is 5.82 Å². The van der Waals surface area contributed by atoms with Crippen molar-refractivity contribution in [2.75, 3.05) is 37.7 Å². The Morgan fingerprint density at radius 2 is 2.00 bits per heavy atom. The van der Waals surface area contributed by atoms with Crippen molar-refractivity contribution in [2.24, 2.45) is 10.7 Å². The third-order valence-electron chi connectivity index (χ3n) is 3.32. The van der Waals surface area contributed by atoms with Crippen molar-refractivity contribution >= 4 is 23.6 Å². The Balaban J connectivity index is 1.67. The smallest absolute Gasteiger partial charge is 0.224 e. The molecule has 1 fully saturated rings. The number of halogens is 1. The number of carbonyl (C=O) groups is 1. The largest absolute Gasteiger partial charge is 0.370 e. The Bertz CT molecular complexity index is 515. The van der Waals surface area contributed by atoms with E-state index >= 15 is 0 Å². The van der Waals surface area contributed by atoms with Crippen LogP contribution in [-0.4, -0.2) is 54.5 Å². The van der Waals surface area contributed by atoms with Crippen molar-refractivity contribution in [3.8, 4) is 0 Å². The molecule has 7 heteroatoms. The molecule has 0 unspecified atom stereocenters. The van der Waals surface area contributed by atoms with Gasteiger partial charge >= 0.3 is 0 Å². The van der Waals surface area contributed by atoms with Crippen LogP contribution in [-0.2, 0) is 11.2 Å². The van der Waals surface area contributed by atoms with Gasteiger partial charge in [0.25, 0.3) is 0 Å². The molecule has 1 aromatic carbocycles. The molecule has 1 aliphatic rings. The summed E-state index contributed by atoms with van der Waals surface area (Å²) < 4.78 is 12.8. The number of benzene rings is 1. The predicted molar refractivity (Wildman–Crippen MR) is 88.5 cm³/mol. The molecular weight excluding hydrogens is 303 g/mol. The molecule has 0 radical (unpaired) electrons. The van der Waals surface area contributed by atoms with Crippen LogP contribution < -0.4 is 11.1 Å². The van der Waals surface area contributed by atoms with Gasteiger partial charge in [-0.1, -0.05) is 12.1 Å². The highest BCUT2D eigenvalue weighted by molar-refractivity contribution is 7.99. The highest BCUT2D eigenvalue weighted by atomic mass is 32.2. The molecule has 0 aromatic heterocycles. The third-order valence-corrected chi connectivity index (χ3v) is 4.26. The monoisotopic (exact) mass is 324 g/mol. The number of nitrogens with two attached hydrogens (primary N) is 1. The maximum Gasteiger partial charge on any atom is 0.224 e. The average Bonchev–Trinajstić information content (AvgIpc) is 2.54. The lowest BCUT2D eigenvalue weighted by Gasteiger charge is -2.27. The molecule has 3 N–H and O–H groups in total. The van der Waals surface area contributed by atoms with Gasteiger partial charge < -0.3 is 16.0 Å². The molecule has 1 aromatic rings. The zero-order valence-electron chi connectivity index (χ0n) is 12.4. The Kier molecular flexibility index (Phi) is 6.51. The van der Waals surface area contributed by atoms with E-state index in [1.165, 1.54) is 12.1 Å². The van der Waals surface area contributed by atoms with Crippen molar-refractivity contribution in [1.82, 2.24) is 10.2 Å². The Hall–Kier alpha value is -1.76. The number of carbonyl (C=O) groups excluding carboxylic acids is 1. The molecule has 120 valence electrons. The number of amides is 1. The molecule has 1 saturated heterocycles. The van der Waals surface area contributed by atoms with Crippen molar-refractivity contribution in [3.05, 3.63) is 35.6 Å². The molecule has 2 rings (SSSR count). The van der Waals surface area contributed by atoms with E-state index in [4.69, 9.17) is 5.73 Å². The van der Waals surface area contributed by atoms with E-state index in [9.17, 15) is 9.18 Å². The maximum atomic E-state index is 12.8. The molecular formula is C15H21FN4OS. The zero-order valence-corrected chi connectivity index (χ0v) is 13.2. The highest BCUT2D eigenvalue weighted by Gasteiger charge is 2.11. The summed E-state index contributed by atoms with van der Waals surface area (Å²) in [4.78, 5) is 18.1. The zero-order chi connectivity index (χ0) is 15.8. The van der Waals surface area contributed by atoms with Crippen molar-refractivity contribution in [2.45, 2.75) is 6.42 Å².